The molecular formula is C3H3N2O2Zn. The molecule has 1 rings (SSSR count). The van der Waals surface area contributed by atoms with Crippen LogP contribution in [0, 0.1) is 0 Å². The molecule has 1 fully saturated rings. The second-order valence-electron chi connectivity index (χ2n) is 1.52. The molecule has 0 saturated carbocycles. The number of urea groups is 1. The molecule has 0 aliphatic carbocycles. The van der Waals surface area contributed by atoms with Crippen molar-refractivity contribution in [3.63, 3.8) is 0 Å². The predicted octanol–water partition coefficient (Wildman–Crippen LogP) is -1.30. The van der Waals surface area contributed by atoms with Crippen LogP contribution in [-0.4, -0.2) is 16.6 Å². The summed E-state index contributed by atoms with van der Waals surface area (Å²) in [4.78, 5) is 20.7. The van der Waals surface area contributed by atoms with Gasteiger partial charge in [-0.05, 0) is 0 Å². The van der Waals surface area contributed by atoms with E-state index in [2.05, 4.69) is 10.6 Å². The fourth-order valence-corrected chi connectivity index (χ4v) is 1.06. The van der Waals surface area contributed by atoms with E-state index < -0.39 is 0 Å². The van der Waals surface area contributed by atoms with Crippen molar-refractivity contribution in [2.45, 2.75) is 4.64 Å². The van der Waals surface area contributed by atoms with Gasteiger partial charge in [0.1, 0.15) is 0 Å². The zero-order valence-corrected chi connectivity index (χ0v) is 7.07. The summed E-state index contributed by atoms with van der Waals surface area (Å²) in [7, 11) is 0. The Bertz CT molecular complexity index is 146. The molecule has 4 nitrogen and oxygen atoms in total. The monoisotopic (exact) mass is 163 g/mol. The molecule has 0 aromatic heterocycles. The summed E-state index contributed by atoms with van der Waals surface area (Å²) in [6.45, 7) is 0. The Morgan fingerprint density at radius 3 is 2.25 bits per heavy atom. The van der Waals surface area contributed by atoms with E-state index >= 15 is 0 Å². The molecule has 1 heterocycles. The average molecular weight is 164 g/mol. The Kier molecular flexibility index (Phi) is 1.30. The van der Waals surface area contributed by atoms with Crippen molar-refractivity contribution in [1.29, 1.82) is 0 Å². The Hall–Kier alpha value is -0.437. The number of nitrogens with one attached hydrogen (secondary N) is 2. The van der Waals surface area contributed by atoms with E-state index in [-0.39, 0.29) is 16.6 Å². The molecule has 39 valence electrons. The Morgan fingerprint density at radius 1 is 1.50 bits per heavy atom. The van der Waals surface area contributed by atoms with Crippen LogP contribution in [0.25, 0.3) is 0 Å². The van der Waals surface area contributed by atoms with Gasteiger partial charge >= 0.3 is 55.1 Å². The summed E-state index contributed by atoms with van der Waals surface area (Å²) in [5, 5.41) is 4.53. The number of hydrogen-bond donors (Lipinski definition) is 2. The van der Waals surface area contributed by atoms with Gasteiger partial charge in [-0.3, -0.25) is 0 Å². The van der Waals surface area contributed by atoms with Crippen LogP contribution in [0.15, 0.2) is 0 Å². The Labute approximate surface area is 55.7 Å². The molecule has 0 radical (unpaired) electrons. The van der Waals surface area contributed by atoms with E-state index in [0.717, 1.165) is 18.3 Å². The molecule has 8 heavy (non-hydrogen) atoms. The van der Waals surface area contributed by atoms with Gasteiger partial charge in [0.2, 0.25) is 0 Å². The van der Waals surface area contributed by atoms with E-state index in [1.54, 1.807) is 0 Å². The normalized spacial score (nSPS) is 27.5. The quantitative estimate of drug-likeness (QED) is 0.345. The van der Waals surface area contributed by atoms with Crippen LogP contribution in [0.5, 0.6) is 0 Å². The van der Waals surface area contributed by atoms with Crippen LogP contribution < -0.4 is 10.6 Å². The molecule has 0 aromatic rings. The van der Waals surface area contributed by atoms with E-state index in [1.165, 1.54) is 0 Å². The van der Waals surface area contributed by atoms with Crippen LogP contribution >= 0.6 is 0 Å². The fraction of sp³-hybridized carbons (Fsp3) is 0.333. The number of carbonyl (C=O) groups is 2. The van der Waals surface area contributed by atoms with E-state index in [0.29, 0.717) is 0 Å². The van der Waals surface area contributed by atoms with Crippen molar-refractivity contribution in [2.75, 3.05) is 0 Å². The van der Waals surface area contributed by atoms with Gasteiger partial charge in [0, 0.05) is 0 Å². The number of amides is 3. The van der Waals surface area contributed by atoms with Gasteiger partial charge in [0.05, 0.1) is 0 Å². The number of imide groups is 1. The predicted molar refractivity (Wildman–Crippen MR) is 20.5 cm³/mol. The maximum atomic E-state index is 10.4. The molecule has 1 unspecified atom stereocenters. The third kappa shape index (κ3) is 0.866. The molecule has 2 N–H and O–H groups in total. The second kappa shape index (κ2) is 1.82. The molecule has 0 spiro atoms. The standard InChI is InChI=1S/C3H3N2O2.Zn/c6-2-1-4-3(7)5-2;/h1H,(H2,4,5,6,7);. The molecule has 1 atom stereocenters. The summed E-state index contributed by atoms with van der Waals surface area (Å²) in [6, 6.07) is -0.369. The molecular weight excluding hydrogens is 161 g/mol. The fourth-order valence-electron chi connectivity index (χ4n) is 0.459. The van der Waals surface area contributed by atoms with Crippen molar-refractivity contribution < 1.29 is 27.9 Å². The number of rotatable bonds is 0. The average Bonchev–Trinajstić information content (AvgIpc) is 1.85. The summed E-state index contributed by atoms with van der Waals surface area (Å²) < 4.78 is -0.234. The first-order valence-electron chi connectivity index (χ1n) is 2.14. The Balaban J connectivity index is 2.64. The van der Waals surface area contributed by atoms with Gasteiger partial charge in [-0.2, -0.15) is 0 Å². The van der Waals surface area contributed by atoms with Gasteiger partial charge < -0.3 is 0 Å². The molecule has 3 amide bonds. The van der Waals surface area contributed by atoms with Gasteiger partial charge in [-0.15, -0.1) is 0 Å². The minimum atomic E-state index is -0.369. The van der Waals surface area contributed by atoms with Crippen LogP contribution in [0.3, 0.4) is 0 Å². The maximum absolute atomic E-state index is 10.4. The number of carbonyl (C=O) groups excluding carboxylic acids is 2. The van der Waals surface area contributed by atoms with Crippen molar-refractivity contribution in [3.8, 4) is 0 Å². The second-order valence-corrected chi connectivity index (χ2v) is 3.23. The van der Waals surface area contributed by atoms with E-state index in [4.69, 9.17) is 0 Å². The minimum absolute atomic E-state index is 0.199. The summed E-state index contributed by atoms with van der Waals surface area (Å²) in [5.74, 6) is -0.199. The zero-order valence-electron chi connectivity index (χ0n) is 4.10. The summed E-state index contributed by atoms with van der Waals surface area (Å²) in [6.07, 6.45) is 0. The first kappa shape index (κ1) is 5.70. The zero-order chi connectivity index (χ0) is 6.15. The molecule has 1 aliphatic heterocycles. The first-order valence-corrected chi connectivity index (χ1v) is 3.86. The summed E-state index contributed by atoms with van der Waals surface area (Å²) in [5.41, 5.74) is 0. The van der Waals surface area contributed by atoms with E-state index in [9.17, 15) is 9.59 Å². The van der Waals surface area contributed by atoms with Crippen LogP contribution in [-0.2, 0) is 23.1 Å². The third-order valence-electron chi connectivity index (χ3n) is 0.859. The van der Waals surface area contributed by atoms with Crippen molar-refractivity contribution in [1.82, 2.24) is 10.6 Å². The van der Waals surface area contributed by atoms with Crippen LogP contribution in [0.4, 0.5) is 4.79 Å². The molecule has 5 heteroatoms. The first-order chi connectivity index (χ1) is 3.70. The molecule has 0 bridgehead atoms. The SMILES string of the molecule is O=C1NC(=O)[CH]([Zn])N1. The molecule has 1 saturated heterocycles. The van der Waals surface area contributed by atoms with Gasteiger partial charge in [-0.25, -0.2) is 0 Å². The third-order valence-corrected chi connectivity index (χ3v) is 2.06. The van der Waals surface area contributed by atoms with Gasteiger partial charge in [-0.1, -0.05) is 0 Å². The van der Waals surface area contributed by atoms with Gasteiger partial charge in [0.15, 0.2) is 0 Å². The van der Waals surface area contributed by atoms with Crippen molar-refractivity contribution in [3.05, 3.63) is 0 Å². The van der Waals surface area contributed by atoms with Crippen molar-refractivity contribution >= 4 is 11.9 Å². The number of hydrogen-bond acceptors (Lipinski definition) is 2. The molecule has 1 aliphatic rings. The van der Waals surface area contributed by atoms with Crippen LogP contribution in [0.1, 0.15) is 0 Å². The summed E-state index contributed by atoms with van der Waals surface area (Å²) >= 11 is 0.775. The Morgan fingerprint density at radius 2 is 2.12 bits per heavy atom. The van der Waals surface area contributed by atoms with Gasteiger partial charge in [0.25, 0.3) is 0 Å². The van der Waals surface area contributed by atoms with Crippen LogP contribution in [0.2, 0.25) is 0 Å². The topological polar surface area (TPSA) is 58.2 Å². The van der Waals surface area contributed by atoms with Crippen molar-refractivity contribution in [2.24, 2.45) is 0 Å². The molecule has 0 aromatic carbocycles. The van der Waals surface area contributed by atoms with E-state index in [1.807, 2.05) is 0 Å².